The van der Waals surface area contributed by atoms with Gasteiger partial charge in [-0.3, -0.25) is 14.5 Å². The second-order valence-electron chi connectivity index (χ2n) is 7.46. The smallest absolute Gasteiger partial charge is 0.416 e. The van der Waals surface area contributed by atoms with Gasteiger partial charge < -0.3 is 10.2 Å². The number of phenols is 1. The molecule has 0 aliphatic carbocycles. The van der Waals surface area contributed by atoms with Crippen molar-refractivity contribution in [3.8, 4) is 5.75 Å². The van der Waals surface area contributed by atoms with Gasteiger partial charge in [0.15, 0.2) is 5.76 Å². The van der Waals surface area contributed by atoms with Crippen molar-refractivity contribution in [3.05, 3.63) is 86.6 Å². The molecule has 1 atom stereocenters. The summed E-state index contributed by atoms with van der Waals surface area (Å²) in [6, 6.07) is 8.39. The van der Waals surface area contributed by atoms with E-state index in [4.69, 9.17) is 0 Å². The molecule has 1 aliphatic rings. The van der Waals surface area contributed by atoms with E-state index in [1.54, 1.807) is 13.8 Å². The van der Waals surface area contributed by atoms with Gasteiger partial charge in [0, 0.05) is 5.69 Å². The van der Waals surface area contributed by atoms with Gasteiger partial charge in [-0.2, -0.15) is 13.2 Å². The highest BCUT2D eigenvalue weighted by Crippen LogP contribution is 2.44. The zero-order valence-corrected chi connectivity index (χ0v) is 18.2. The third kappa shape index (κ3) is 3.97. The average Bonchev–Trinajstić information content (AvgIpc) is 3.23. The van der Waals surface area contributed by atoms with Crippen molar-refractivity contribution in [2.45, 2.75) is 26.1 Å². The number of thiazole rings is 1. The molecule has 0 fully saturated rings. The number of Topliss-reactive ketones (excluding diaryl/α,β-unsaturated/α-hetero) is 1. The Morgan fingerprint density at radius 3 is 2.33 bits per heavy atom. The summed E-state index contributed by atoms with van der Waals surface area (Å²) in [5.41, 5.74) is -0.651. The summed E-state index contributed by atoms with van der Waals surface area (Å²) >= 11 is 1.09. The number of aromatic nitrogens is 1. The Morgan fingerprint density at radius 1 is 1.09 bits per heavy atom. The first kappa shape index (κ1) is 22.5. The van der Waals surface area contributed by atoms with Gasteiger partial charge in [0.05, 0.1) is 32.8 Å². The van der Waals surface area contributed by atoms with Crippen molar-refractivity contribution in [3.63, 3.8) is 0 Å². The van der Waals surface area contributed by atoms with E-state index < -0.39 is 35.2 Å². The van der Waals surface area contributed by atoms with Gasteiger partial charge >= 0.3 is 6.18 Å². The molecule has 0 bridgehead atoms. The fourth-order valence-corrected chi connectivity index (χ4v) is 4.65. The van der Waals surface area contributed by atoms with E-state index in [2.05, 4.69) is 4.98 Å². The van der Waals surface area contributed by atoms with Crippen LogP contribution in [0.1, 0.15) is 37.5 Å². The number of alkyl halides is 3. The molecule has 1 unspecified atom stereocenters. The standard InChI is InChI=1S/C23H17F3N2O4S/c1-11-21(33-12(2)27-11)19(30)17-18(13-6-8-16(29)9-7-13)28(22(32)20(17)31)15-5-3-4-14(10-15)23(24,25)26/h3-10,18,29,31H,1-2H3. The van der Waals surface area contributed by atoms with Crippen LogP contribution < -0.4 is 4.90 Å². The molecule has 0 spiro atoms. The number of aryl methyl sites for hydroxylation is 2. The highest BCUT2D eigenvalue weighted by molar-refractivity contribution is 7.14. The number of hydrogen-bond acceptors (Lipinski definition) is 6. The van der Waals surface area contributed by atoms with Crippen molar-refractivity contribution < 1.29 is 33.0 Å². The van der Waals surface area contributed by atoms with E-state index in [0.717, 1.165) is 34.4 Å². The number of halogens is 3. The number of rotatable bonds is 4. The number of nitrogens with zero attached hydrogens (tertiary/aromatic N) is 2. The number of aromatic hydroxyl groups is 1. The van der Waals surface area contributed by atoms with Crippen molar-refractivity contribution >= 4 is 28.7 Å². The summed E-state index contributed by atoms with van der Waals surface area (Å²) in [7, 11) is 0. The van der Waals surface area contributed by atoms with Crippen molar-refractivity contribution in [2.75, 3.05) is 4.90 Å². The first-order valence-corrected chi connectivity index (χ1v) is 10.5. The maximum Gasteiger partial charge on any atom is 0.416 e. The van der Waals surface area contributed by atoms with Crippen molar-refractivity contribution in [1.82, 2.24) is 4.98 Å². The van der Waals surface area contributed by atoms with Crippen molar-refractivity contribution in [2.24, 2.45) is 0 Å². The number of carbonyl (C=O) groups is 2. The minimum absolute atomic E-state index is 0.0799. The van der Waals surface area contributed by atoms with Crippen LogP contribution >= 0.6 is 11.3 Å². The first-order chi connectivity index (χ1) is 15.5. The summed E-state index contributed by atoms with van der Waals surface area (Å²) < 4.78 is 39.9. The van der Waals surface area contributed by atoms with Gasteiger partial charge in [0.2, 0.25) is 5.78 Å². The third-order valence-electron chi connectivity index (χ3n) is 5.22. The maximum absolute atomic E-state index is 13.4. The van der Waals surface area contributed by atoms with Crippen LogP contribution in [0.4, 0.5) is 18.9 Å². The fourth-order valence-electron chi connectivity index (χ4n) is 3.77. The minimum atomic E-state index is -4.65. The monoisotopic (exact) mass is 474 g/mol. The number of carbonyl (C=O) groups excluding carboxylic acids is 2. The average molecular weight is 474 g/mol. The Labute approximate surface area is 190 Å². The predicted octanol–water partition coefficient (Wildman–Crippen LogP) is 5.27. The third-order valence-corrected chi connectivity index (χ3v) is 6.29. The zero-order valence-electron chi connectivity index (χ0n) is 17.3. The Hall–Kier alpha value is -3.66. The number of anilines is 1. The quantitative estimate of drug-likeness (QED) is 0.503. The Bertz CT molecular complexity index is 1300. The predicted molar refractivity (Wildman–Crippen MR) is 115 cm³/mol. The highest BCUT2D eigenvalue weighted by atomic mass is 32.1. The number of aliphatic hydroxyl groups excluding tert-OH is 1. The van der Waals surface area contributed by atoms with Gasteiger partial charge in [-0.15, -0.1) is 11.3 Å². The SMILES string of the molecule is Cc1nc(C)c(C(=O)C2=C(O)C(=O)N(c3cccc(C(F)(F)F)c3)C2c2ccc(O)cc2)s1. The molecule has 2 aromatic carbocycles. The van der Waals surface area contributed by atoms with E-state index in [0.29, 0.717) is 16.3 Å². The Kier molecular flexibility index (Phi) is 5.49. The van der Waals surface area contributed by atoms with E-state index >= 15 is 0 Å². The topological polar surface area (TPSA) is 90.7 Å². The van der Waals surface area contributed by atoms with E-state index in [1.807, 2.05) is 0 Å². The molecule has 2 N–H and O–H groups in total. The summed E-state index contributed by atoms with van der Waals surface area (Å²) in [4.78, 5) is 31.9. The summed E-state index contributed by atoms with van der Waals surface area (Å²) in [5, 5.41) is 21.0. The number of ketones is 1. The lowest BCUT2D eigenvalue weighted by Gasteiger charge is -2.27. The van der Waals surface area contributed by atoms with Gasteiger partial charge in [-0.1, -0.05) is 18.2 Å². The first-order valence-electron chi connectivity index (χ1n) is 9.70. The molecule has 6 nitrogen and oxygen atoms in total. The van der Waals surface area contributed by atoms with E-state index in [9.17, 15) is 33.0 Å². The van der Waals surface area contributed by atoms with Gasteiger partial charge in [0.25, 0.3) is 5.91 Å². The van der Waals surface area contributed by atoms with Crippen LogP contribution in [-0.2, 0) is 11.0 Å². The van der Waals surface area contributed by atoms with Crippen LogP contribution in [0.5, 0.6) is 5.75 Å². The fraction of sp³-hybridized carbons (Fsp3) is 0.174. The molecule has 2 heterocycles. The summed E-state index contributed by atoms with van der Waals surface area (Å²) in [5.74, 6) is -2.57. The molecule has 0 saturated carbocycles. The van der Waals surface area contributed by atoms with Gasteiger partial charge in [-0.05, 0) is 49.7 Å². The number of benzene rings is 2. The van der Waals surface area contributed by atoms with Crippen LogP contribution in [0, 0.1) is 13.8 Å². The second-order valence-corrected chi connectivity index (χ2v) is 8.66. The van der Waals surface area contributed by atoms with Crippen LogP contribution in [-0.4, -0.2) is 26.9 Å². The summed E-state index contributed by atoms with van der Waals surface area (Å²) in [6.45, 7) is 3.32. The highest BCUT2D eigenvalue weighted by Gasteiger charge is 2.45. The van der Waals surface area contributed by atoms with Crippen LogP contribution in [0.3, 0.4) is 0 Å². The van der Waals surface area contributed by atoms with Crippen LogP contribution in [0.15, 0.2) is 59.9 Å². The molecule has 0 radical (unpaired) electrons. The van der Waals surface area contributed by atoms with E-state index in [1.165, 1.54) is 30.3 Å². The van der Waals surface area contributed by atoms with Crippen molar-refractivity contribution in [1.29, 1.82) is 0 Å². The molecule has 1 amide bonds. The Balaban J connectivity index is 1.90. The maximum atomic E-state index is 13.4. The van der Waals surface area contributed by atoms with E-state index in [-0.39, 0.29) is 21.9 Å². The Morgan fingerprint density at radius 2 is 1.76 bits per heavy atom. The molecule has 33 heavy (non-hydrogen) atoms. The lowest BCUT2D eigenvalue weighted by molar-refractivity contribution is -0.137. The molecule has 1 aromatic heterocycles. The summed E-state index contributed by atoms with van der Waals surface area (Å²) in [6.07, 6.45) is -4.65. The number of phenolic OH excluding ortho intramolecular Hbond substituents is 1. The molecular weight excluding hydrogens is 457 g/mol. The number of hydrogen-bond donors (Lipinski definition) is 2. The lowest BCUT2D eigenvalue weighted by Crippen LogP contribution is -2.31. The number of amides is 1. The van der Waals surface area contributed by atoms with Crippen LogP contribution in [0.25, 0.3) is 0 Å². The van der Waals surface area contributed by atoms with Crippen LogP contribution in [0.2, 0.25) is 0 Å². The lowest BCUT2D eigenvalue weighted by atomic mass is 9.94. The molecule has 4 rings (SSSR count). The molecule has 170 valence electrons. The molecule has 3 aromatic rings. The second kappa shape index (κ2) is 8.04. The molecule has 10 heteroatoms. The van der Waals surface area contributed by atoms with Gasteiger partial charge in [-0.25, -0.2) is 4.98 Å². The molecule has 1 aliphatic heterocycles. The minimum Gasteiger partial charge on any atom is -0.508 e. The normalized spacial score (nSPS) is 16.6. The zero-order chi connectivity index (χ0) is 24.1. The van der Waals surface area contributed by atoms with Gasteiger partial charge in [0.1, 0.15) is 5.75 Å². The largest absolute Gasteiger partial charge is 0.508 e. The molecule has 0 saturated heterocycles. The molecular formula is C23H17F3N2O4S. The number of aliphatic hydroxyl groups is 1.